The van der Waals surface area contributed by atoms with Crippen molar-refractivity contribution >= 4 is 28.6 Å². The summed E-state index contributed by atoms with van der Waals surface area (Å²) in [5.74, 6) is -1.04. The summed E-state index contributed by atoms with van der Waals surface area (Å²) < 4.78 is 7.25. The maximum absolute atomic E-state index is 11.9. The Morgan fingerprint density at radius 3 is 2.70 bits per heavy atom. The van der Waals surface area contributed by atoms with E-state index in [0.717, 1.165) is 25.7 Å². The van der Waals surface area contributed by atoms with Crippen LogP contribution in [0.5, 0.6) is 0 Å². The van der Waals surface area contributed by atoms with Crippen LogP contribution in [0.1, 0.15) is 56.9 Å². The van der Waals surface area contributed by atoms with E-state index in [-0.39, 0.29) is 11.0 Å². The summed E-state index contributed by atoms with van der Waals surface area (Å²) in [6, 6.07) is 1.57. The van der Waals surface area contributed by atoms with Gasteiger partial charge < -0.3 is 19.5 Å². The molecular formula is C18H25ClN4O4. The molecule has 1 saturated carbocycles. The fourth-order valence-electron chi connectivity index (χ4n) is 3.77. The van der Waals surface area contributed by atoms with E-state index < -0.39 is 23.5 Å². The van der Waals surface area contributed by atoms with Gasteiger partial charge in [-0.25, -0.2) is 9.78 Å². The van der Waals surface area contributed by atoms with Crippen LogP contribution in [0, 0.1) is 0 Å². The summed E-state index contributed by atoms with van der Waals surface area (Å²) in [7, 11) is 0. The van der Waals surface area contributed by atoms with Crippen LogP contribution < -0.4 is 5.32 Å². The van der Waals surface area contributed by atoms with Crippen molar-refractivity contribution in [1.82, 2.24) is 19.9 Å². The third kappa shape index (κ3) is 4.24. The Labute approximate surface area is 162 Å². The van der Waals surface area contributed by atoms with Gasteiger partial charge in [-0.3, -0.25) is 5.32 Å². The quantitative estimate of drug-likeness (QED) is 0.508. The van der Waals surface area contributed by atoms with Crippen molar-refractivity contribution in [3.05, 3.63) is 23.2 Å². The van der Waals surface area contributed by atoms with Gasteiger partial charge in [0.05, 0.1) is 11.1 Å². The van der Waals surface area contributed by atoms with E-state index in [1.54, 1.807) is 10.6 Å². The third-order valence-corrected chi connectivity index (χ3v) is 4.99. The molecule has 2 aromatic rings. The average molecular weight is 397 g/mol. The SMILES string of the molecule is CC(C)(C)OC(O)NCC1(n2c(C(=O)O)cc3cnc(Cl)nc32)CCCC1. The first kappa shape index (κ1) is 20.0. The number of fused-ring (bicyclic) bond motifs is 1. The number of ether oxygens (including phenoxy) is 1. The van der Waals surface area contributed by atoms with Crippen molar-refractivity contribution in [1.29, 1.82) is 0 Å². The first-order valence-corrected chi connectivity index (χ1v) is 9.36. The molecule has 148 valence electrons. The zero-order valence-corrected chi connectivity index (χ0v) is 16.5. The highest BCUT2D eigenvalue weighted by molar-refractivity contribution is 6.28. The van der Waals surface area contributed by atoms with E-state index in [9.17, 15) is 15.0 Å². The zero-order chi connectivity index (χ0) is 19.8. The number of aromatic carboxylic acids is 1. The molecule has 2 heterocycles. The number of hydrogen-bond donors (Lipinski definition) is 3. The van der Waals surface area contributed by atoms with Crippen LogP contribution in [0.25, 0.3) is 11.0 Å². The van der Waals surface area contributed by atoms with Crippen molar-refractivity contribution in [2.45, 2.75) is 64.0 Å². The minimum Gasteiger partial charge on any atom is -0.477 e. The molecule has 0 aliphatic heterocycles. The molecule has 8 nitrogen and oxygen atoms in total. The normalized spacial score (nSPS) is 18.1. The maximum Gasteiger partial charge on any atom is 0.352 e. The molecule has 1 aliphatic carbocycles. The summed E-state index contributed by atoms with van der Waals surface area (Å²) in [6.07, 6.45) is 3.80. The Bertz CT molecular complexity index is 840. The van der Waals surface area contributed by atoms with Crippen molar-refractivity contribution in [3.63, 3.8) is 0 Å². The van der Waals surface area contributed by atoms with E-state index in [4.69, 9.17) is 16.3 Å². The first-order chi connectivity index (χ1) is 12.6. The number of carboxylic acid groups (broad SMARTS) is 1. The summed E-state index contributed by atoms with van der Waals surface area (Å²) >= 11 is 5.97. The highest BCUT2D eigenvalue weighted by Gasteiger charge is 2.40. The number of aromatic nitrogens is 3. The van der Waals surface area contributed by atoms with Gasteiger partial charge in [-0.05, 0) is 51.3 Å². The number of nitrogens with one attached hydrogen (secondary N) is 1. The molecule has 1 atom stereocenters. The fourth-order valence-corrected chi connectivity index (χ4v) is 3.90. The molecular weight excluding hydrogens is 372 g/mol. The smallest absolute Gasteiger partial charge is 0.352 e. The van der Waals surface area contributed by atoms with E-state index >= 15 is 0 Å². The lowest BCUT2D eigenvalue weighted by Gasteiger charge is -2.35. The number of aliphatic hydroxyl groups excluding tert-OH is 1. The molecule has 3 rings (SSSR count). The first-order valence-electron chi connectivity index (χ1n) is 8.98. The second-order valence-corrected chi connectivity index (χ2v) is 8.32. The van der Waals surface area contributed by atoms with E-state index in [2.05, 4.69) is 15.3 Å². The van der Waals surface area contributed by atoms with Gasteiger partial charge in [0.25, 0.3) is 0 Å². The highest BCUT2D eigenvalue weighted by Crippen LogP contribution is 2.40. The van der Waals surface area contributed by atoms with Gasteiger partial charge in [0, 0.05) is 18.1 Å². The Hall–Kier alpha value is -1.74. The van der Waals surface area contributed by atoms with Gasteiger partial charge >= 0.3 is 5.97 Å². The highest BCUT2D eigenvalue weighted by atomic mass is 35.5. The number of halogens is 1. The van der Waals surface area contributed by atoms with Crippen LogP contribution in [-0.4, -0.2) is 49.3 Å². The van der Waals surface area contributed by atoms with Crippen molar-refractivity contribution < 1.29 is 19.7 Å². The Morgan fingerprint density at radius 2 is 2.11 bits per heavy atom. The Balaban J connectivity index is 2.00. The maximum atomic E-state index is 11.9. The van der Waals surface area contributed by atoms with Crippen molar-refractivity contribution in [3.8, 4) is 0 Å². The van der Waals surface area contributed by atoms with Gasteiger partial charge in [-0.15, -0.1) is 0 Å². The molecule has 0 bridgehead atoms. The van der Waals surface area contributed by atoms with Gasteiger partial charge in [0.15, 0.2) is 0 Å². The van der Waals surface area contributed by atoms with Crippen LogP contribution in [0.4, 0.5) is 0 Å². The molecule has 1 unspecified atom stereocenters. The lowest BCUT2D eigenvalue weighted by Crippen LogP contribution is -2.48. The minimum absolute atomic E-state index is 0.0657. The molecule has 0 amide bonds. The number of carbonyl (C=O) groups is 1. The standard InChI is InChI=1S/C18H25ClN4O4/c1-17(2,3)27-16(26)21-10-18(6-4-5-7-18)23-12(14(24)25)8-11-9-20-15(19)22-13(11)23/h8-9,16,21,26H,4-7,10H2,1-3H3,(H,24,25). The van der Waals surface area contributed by atoms with Gasteiger partial charge in [0.1, 0.15) is 11.3 Å². The summed E-state index contributed by atoms with van der Waals surface area (Å²) in [6.45, 7) is 5.90. The minimum atomic E-state index is -1.16. The van der Waals surface area contributed by atoms with Crippen LogP contribution >= 0.6 is 11.6 Å². The van der Waals surface area contributed by atoms with Crippen molar-refractivity contribution in [2.75, 3.05) is 6.54 Å². The molecule has 0 aromatic carbocycles. The summed E-state index contributed by atoms with van der Waals surface area (Å²) in [5, 5.41) is 23.6. The predicted octanol–water partition coefficient (Wildman–Crippen LogP) is 2.73. The Morgan fingerprint density at radius 1 is 1.44 bits per heavy atom. The molecule has 1 fully saturated rings. The number of rotatable bonds is 6. The molecule has 0 radical (unpaired) electrons. The molecule has 2 aromatic heterocycles. The van der Waals surface area contributed by atoms with E-state index in [1.807, 2.05) is 20.8 Å². The number of aliphatic hydroxyl groups is 1. The van der Waals surface area contributed by atoms with Gasteiger partial charge in [-0.1, -0.05) is 12.8 Å². The largest absolute Gasteiger partial charge is 0.477 e. The van der Waals surface area contributed by atoms with E-state index in [1.165, 1.54) is 6.20 Å². The number of hydrogen-bond acceptors (Lipinski definition) is 6. The molecule has 0 saturated heterocycles. The lowest BCUT2D eigenvalue weighted by molar-refractivity contribution is -0.183. The van der Waals surface area contributed by atoms with Gasteiger partial charge in [-0.2, -0.15) is 4.98 Å². The van der Waals surface area contributed by atoms with Crippen LogP contribution in [0.2, 0.25) is 5.28 Å². The van der Waals surface area contributed by atoms with Gasteiger partial charge in [0.2, 0.25) is 11.7 Å². The second-order valence-electron chi connectivity index (χ2n) is 7.98. The van der Waals surface area contributed by atoms with Crippen LogP contribution in [0.3, 0.4) is 0 Å². The number of nitrogens with zero attached hydrogens (tertiary/aromatic N) is 3. The molecule has 0 spiro atoms. The Kier molecular flexibility index (Phi) is 5.45. The zero-order valence-electron chi connectivity index (χ0n) is 15.7. The molecule has 3 N–H and O–H groups in total. The average Bonchev–Trinajstić information content (AvgIpc) is 3.16. The summed E-state index contributed by atoms with van der Waals surface area (Å²) in [4.78, 5) is 20.1. The second kappa shape index (κ2) is 7.35. The topological polar surface area (TPSA) is 110 Å². The monoisotopic (exact) mass is 396 g/mol. The van der Waals surface area contributed by atoms with Crippen LogP contribution in [-0.2, 0) is 10.3 Å². The molecule has 9 heteroatoms. The lowest BCUT2D eigenvalue weighted by atomic mass is 9.96. The molecule has 1 aliphatic rings. The van der Waals surface area contributed by atoms with E-state index in [0.29, 0.717) is 17.6 Å². The fraction of sp³-hybridized carbons (Fsp3) is 0.611. The van der Waals surface area contributed by atoms with Crippen LogP contribution in [0.15, 0.2) is 12.3 Å². The number of carboxylic acids is 1. The van der Waals surface area contributed by atoms with Crippen molar-refractivity contribution in [2.24, 2.45) is 0 Å². The summed E-state index contributed by atoms with van der Waals surface area (Å²) in [5.41, 5.74) is -0.434. The third-order valence-electron chi connectivity index (χ3n) is 4.81. The predicted molar refractivity (Wildman–Crippen MR) is 101 cm³/mol. The molecule has 27 heavy (non-hydrogen) atoms.